The van der Waals surface area contributed by atoms with Gasteiger partial charge in [0.1, 0.15) is 16.7 Å². The van der Waals surface area contributed by atoms with Gasteiger partial charge in [-0.3, -0.25) is 4.79 Å². The molecule has 4 N–H and O–H groups in total. The van der Waals surface area contributed by atoms with Gasteiger partial charge in [-0.2, -0.15) is 10.1 Å². The summed E-state index contributed by atoms with van der Waals surface area (Å²) < 4.78 is 1.45. The predicted octanol–water partition coefficient (Wildman–Crippen LogP) is 3.48. The summed E-state index contributed by atoms with van der Waals surface area (Å²) in [5.41, 5.74) is 8.29. The van der Waals surface area contributed by atoms with Crippen molar-refractivity contribution in [3.05, 3.63) is 51.9 Å². The summed E-state index contributed by atoms with van der Waals surface area (Å²) >= 11 is 0. The minimum Gasteiger partial charge on any atom is -0.368 e. The van der Waals surface area contributed by atoms with Crippen molar-refractivity contribution < 1.29 is 0 Å². The molecule has 8 heteroatoms. The second-order valence-electron chi connectivity index (χ2n) is 8.05. The van der Waals surface area contributed by atoms with Crippen LogP contribution in [0.4, 0.5) is 11.8 Å². The van der Waals surface area contributed by atoms with Crippen LogP contribution in [0.5, 0.6) is 0 Å². The quantitative estimate of drug-likeness (QED) is 0.458. The van der Waals surface area contributed by atoms with Crippen LogP contribution in [0.2, 0.25) is 0 Å². The smallest absolute Gasteiger partial charge is 0.280 e. The molecule has 2 aromatic heterocycles. The number of benzene rings is 1. The zero-order valence-corrected chi connectivity index (χ0v) is 18.9. The van der Waals surface area contributed by atoms with Crippen LogP contribution < -0.4 is 21.9 Å². The Bertz CT molecular complexity index is 1060. The Kier molecular flexibility index (Phi) is 7.57. The van der Waals surface area contributed by atoms with E-state index >= 15 is 0 Å². The molecule has 0 radical (unpaired) electrons. The third-order valence-electron chi connectivity index (χ3n) is 5.34. The van der Waals surface area contributed by atoms with Crippen LogP contribution in [0, 0.1) is 0 Å². The van der Waals surface area contributed by atoms with Gasteiger partial charge in [0.25, 0.3) is 5.56 Å². The van der Waals surface area contributed by atoms with Crippen LogP contribution in [-0.2, 0) is 6.54 Å². The fourth-order valence-electron chi connectivity index (χ4n) is 3.63. The standard InChI is InChI=1S/C23H33N7O/c1-5-7-15(3)27-21-20-19(28-23(24)29-21)13-26-30(22(20)31)14-17-8-10-18(11-9-17)16(4)25-12-6-2/h8-11,13,15-16,25H,5-7,12,14H2,1-4H3,(H3,24,27,28,29)/t15-,16-/m1/s1. The number of anilines is 2. The fourth-order valence-corrected chi connectivity index (χ4v) is 3.63. The molecule has 0 aliphatic rings. The SMILES string of the molecule is CCCN[C@H](C)c1ccc(Cn2ncc3nc(N)nc(N[C@H](C)CCC)c3c2=O)cc1. The molecule has 0 bridgehead atoms. The van der Waals surface area contributed by atoms with Crippen molar-refractivity contribution in [3.63, 3.8) is 0 Å². The van der Waals surface area contributed by atoms with E-state index in [1.165, 1.54) is 10.2 Å². The number of aromatic nitrogens is 4. The molecule has 2 atom stereocenters. The van der Waals surface area contributed by atoms with Crippen LogP contribution in [0.25, 0.3) is 10.9 Å². The molecule has 8 nitrogen and oxygen atoms in total. The maximum Gasteiger partial charge on any atom is 0.280 e. The van der Waals surface area contributed by atoms with Gasteiger partial charge in [0.05, 0.1) is 12.7 Å². The second kappa shape index (κ2) is 10.3. The average molecular weight is 424 g/mol. The maximum atomic E-state index is 13.2. The number of hydrogen-bond acceptors (Lipinski definition) is 7. The van der Waals surface area contributed by atoms with E-state index in [9.17, 15) is 4.79 Å². The molecule has 0 aliphatic carbocycles. The Balaban J connectivity index is 1.88. The lowest BCUT2D eigenvalue weighted by Crippen LogP contribution is -2.26. The number of fused-ring (bicyclic) bond motifs is 1. The molecule has 0 fully saturated rings. The second-order valence-corrected chi connectivity index (χ2v) is 8.05. The van der Waals surface area contributed by atoms with Crippen molar-refractivity contribution in [1.82, 2.24) is 25.1 Å². The zero-order chi connectivity index (χ0) is 22.4. The Morgan fingerprint density at radius 2 is 1.84 bits per heavy atom. The monoisotopic (exact) mass is 423 g/mol. The van der Waals surface area contributed by atoms with Crippen molar-refractivity contribution in [2.24, 2.45) is 0 Å². The molecule has 0 unspecified atom stereocenters. The maximum absolute atomic E-state index is 13.2. The lowest BCUT2D eigenvalue weighted by atomic mass is 10.1. The summed E-state index contributed by atoms with van der Waals surface area (Å²) in [4.78, 5) is 21.7. The Morgan fingerprint density at radius 3 is 2.52 bits per heavy atom. The number of nitrogen functional groups attached to an aromatic ring is 1. The summed E-state index contributed by atoms with van der Waals surface area (Å²) in [6.07, 6.45) is 4.67. The fraction of sp³-hybridized carbons (Fsp3) is 0.478. The molecule has 2 heterocycles. The molecule has 0 aliphatic heterocycles. The Morgan fingerprint density at radius 1 is 1.10 bits per heavy atom. The average Bonchev–Trinajstić information content (AvgIpc) is 2.74. The highest BCUT2D eigenvalue weighted by Gasteiger charge is 2.15. The third-order valence-corrected chi connectivity index (χ3v) is 5.34. The van der Waals surface area contributed by atoms with Crippen molar-refractivity contribution in [2.75, 3.05) is 17.6 Å². The normalized spacial score (nSPS) is 13.3. The van der Waals surface area contributed by atoms with Gasteiger partial charge in [0.2, 0.25) is 5.95 Å². The summed E-state index contributed by atoms with van der Waals surface area (Å²) in [6.45, 7) is 9.85. The number of nitrogens with two attached hydrogens (primary N) is 1. The molecule has 166 valence electrons. The zero-order valence-electron chi connectivity index (χ0n) is 18.9. The number of rotatable bonds is 10. The third kappa shape index (κ3) is 5.58. The van der Waals surface area contributed by atoms with Gasteiger partial charge in [0, 0.05) is 12.1 Å². The van der Waals surface area contributed by atoms with E-state index < -0.39 is 0 Å². The Labute approximate surface area is 183 Å². The summed E-state index contributed by atoms with van der Waals surface area (Å²) in [7, 11) is 0. The van der Waals surface area contributed by atoms with Crippen LogP contribution in [0.3, 0.4) is 0 Å². The molecule has 0 spiro atoms. The summed E-state index contributed by atoms with van der Waals surface area (Å²) in [5.74, 6) is 0.592. The largest absolute Gasteiger partial charge is 0.368 e. The molecular formula is C23H33N7O. The van der Waals surface area contributed by atoms with Gasteiger partial charge in [0.15, 0.2) is 0 Å². The van der Waals surface area contributed by atoms with Gasteiger partial charge >= 0.3 is 0 Å². The molecule has 0 saturated carbocycles. The van der Waals surface area contributed by atoms with Crippen LogP contribution in [0.1, 0.15) is 64.1 Å². The van der Waals surface area contributed by atoms with Gasteiger partial charge < -0.3 is 16.4 Å². The van der Waals surface area contributed by atoms with Crippen molar-refractivity contribution in [2.45, 2.75) is 65.6 Å². The first-order valence-electron chi connectivity index (χ1n) is 11.0. The van der Waals surface area contributed by atoms with Crippen LogP contribution in [0.15, 0.2) is 35.3 Å². The molecule has 0 amide bonds. The molecule has 1 aromatic carbocycles. The van der Waals surface area contributed by atoms with E-state index in [1.54, 1.807) is 6.20 Å². The van der Waals surface area contributed by atoms with E-state index in [2.05, 4.69) is 65.5 Å². The predicted molar refractivity (Wildman–Crippen MR) is 126 cm³/mol. The van der Waals surface area contributed by atoms with Crippen LogP contribution in [-0.4, -0.2) is 32.3 Å². The van der Waals surface area contributed by atoms with Gasteiger partial charge in [-0.25, -0.2) is 9.67 Å². The topological polar surface area (TPSA) is 111 Å². The van der Waals surface area contributed by atoms with E-state index in [4.69, 9.17) is 5.73 Å². The lowest BCUT2D eigenvalue weighted by molar-refractivity contribution is 0.570. The first-order valence-corrected chi connectivity index (χ1v) is 11.0. The number of hydrogen-bond donors (Lipinski definition) is 3. The van der Waals surface area contributed by atoms with Gasteiger partial charge in [-0.15, -0.1) is 0 Å². The van der Waals surface area contributed by atoms with E-state index in [0.29, 0.717) is 23.3 Å². The number of nitrogens with one attached hydrogen (secondary N) is 2. The molecule has 31 heavy (non-hydrogen) atoms. The highest BCUT2D eigenvalue weighted by molar-refractivity contribution is 5.88. The first-order chi connectivity index (χ1) is 14.9. The van der Waals surface area contributed by atoms with Crippen molar-refractivity contribution in [3.8, 4) is 0 Å². The van der Waals surface area contributed by atoms with E-state index in [1.807, 2.05) is 12.1 Å². The molecule has 3 aromatic rings. The molecular weight excluding hydrogens is 390 g/mol. The van der Waals surface area contributed by atoms with Gasteiger partial charge in [-0.1, -0.05) is 44.5 Å². The first kappa shape index (κ1) is 22.7. The van der Waals surface area contributed by atoms with E-state index in [0.717, 1.165) is 31.4 Å². The number of nitrogens with zero attached hydrogens (tertiary/aromatic N) is 4. The minimum atomic E-state index is -0.231. The Hall–Kier alpha value is -3.00. The lowest BCUT2D eigenvalue weighted by Gasteiger charge is -2.16. The summed E-state index contributed by atoms with van der Waals surface area (Å²) in [5, 5.41) is 11.5. The molecule has 3 rings (SSSR count). The van der Waals surface area contributed by atoms with Crippen LogP contribution >= 0.6 is 0 Å². The van der Waals surface area contributed by atoms with Crippen molar-refractivity contribution >= 4 is 22.7 Å². The van der Waals surface area contributed by atoms with E-state index in [-0.39, 0.29) is 23.6 Å². The van der Waals surface area contributed by atoms with Gasteiger partial charge in [-0.05, 0) is 44.4 Å². The molecule has 0 saturated heterocycles. The van der Waals surface area contributed by atoms with Crippen molar-refractivity contribution in [1.29, 1.82) is 0 Å². The minimum absolute atomic E-state index is 0.124. The highest BCUT2D eigenvalue weighted by atomic mass is 16.1. The summed E-state index contributed by atoms with van der Waals surface area (Å²) in [6, 6.07) is 8.73. The highest BCUT2D eigenvalue weighted by Crippen LogP contribution is 2.19.